The minimum atomic E-state index is 0.0921. The van der Waals surface area contributed by atoms with Gasteiger partial charge in [-0.1, -0.05) is 13.0 Å². The summed E-state index contributed by atoms with van der Waals surface area (Å²) in [6.45, 7) is 5.81. The monoisotopic (exact) mass is 351 g/mol. The van der Waals surface area contributed by atoms with Crippen LogP contribution >= 0.6 is 0 Å². The topological polar surface area (TPSA) is 46.1 Å². The first-order valence-corrected chi connectivity index (χ1v) is 10.3. The van der Waals surface area contributed by atoms with Gasteiger partial charge in [-0.25, -0.2) is 0 Å². The molecule has 1 saturated carbocycles. The van der Waals surface area contributed by atoms with Crippen LogP contribution in [0.4, 0.5) is 0 Å². The molecule has 3 fully saturated rings. The maximum Gasteiger partial charge on any atom is 0.223 e. The molecule has 0 aromatic carbocycles. The van der Waals surface area contributed by atoms with Crippen LogP contribution in [0.2, 0.25) is 0 Å². The Labute approximate surface area is 156 Å². The second kappa shape index (κ2) is 5.64. The first-order valence-electron chi connectivity index (χ1n) is 10.3. The van der Waals surface area contributed by atoms with Crippen LogP contribution in [0, 0.1) is 23.2 Å². The fourth-order valence-electron chi connectivity index (χ4n) is 7.07. The van der Waals surface area contributed by atoms with Gasteiger partial charge in [0, 0.05) is 30.9 Å². The van der Waals surface area contributed by atoms with Crippen LogP contribution in [0.1, 0.15) is 64.5 Å². The molecule has 5 unspecified atom stereocenters. The zero-order chi connectivity index (χ0) is 17.9. The van der Waals surface area contributed by atoms with Crippen LogP contribution in [-0.4, -0.2) is 32.9 Å². The van der Waals surface area contributed by atoms with E-state index in [-0.39, 0.29) is 11.0 Å². The van der Waals surface area contributed by atoms with Gasteiger partial charge in [0.15, 0.2) is 0 Å². The van der Waals surface area contributed by atoms with Crippen LogP contribution < -0.4 is 0 Å². The van der Waals surface area contributed by atoms with Crippen LogP contribution in [0.15, 0.2) is 24.7 Å². The minimum absolute atomic E-state index is 0.0921. The van der Waals surface area contributed by atoms with Gasteiger partial charge in [0.1, 0.15) is 0 Å². The zero-order valence-corrected chi connectivity index (χ0v) is 15.9. The van der Waals surface area contributed by atoms with E-state index in [1.165, 1.54) is 31.3 Å². The third-order valence-electron chi connectivity index (χ3n) is 8.33. The molecule has 0 radical (unpaired) electrons. The molecule has 5 rings (SSSR count). The van der Waals surface area contributed by atoms with E-state index in [2.05, 4.69) is 34.8 Å². The highest BCUT2D eigenvalue weighted by Gasteiger charge is 2.58. The van der Waals surface area contributed by atoms with E-state index in [4.69, 9.17) is 0 Å². The standard InChI is InChI=1S/C22H29N3O/c1-21-10-8-17-15(4-7-20(26)25-13-3-9-22(17,25)2)16(21)5-6-18(21)19-14-23-11-12-24-19/h6,11-12,14-17H,3-5,7-10,13H2,1-2H3. The Morgan fingerprint density at radius 2 is 2.04 bits per heavy atom. The van der Waals surface area contributed by atoms with Gasteiger partial charge in [-0.15, -0.1) is 0 Å². The van der Waals surface area contributed by atoms with Crippen LogP contribution in [0.25, 0.3) is 5.57 Å². The second-order valence-electron chi connectivity index (χ2n) is 9.32. The van der Waals surface area contributed by atoms with E-state index in [0.717, 1.165) is 31.5 Å². The van der Waals surface area contributed by atoms with E-state index in [1.54, 1.807) is 12.4 Å². The Morgan fingerprint density at radius 1 is 1.15 bits per heavy atom. The molecule has 4 heteroatoms. The van der Waals surface area contributed by atoms with Gasteiger partial charge < -0.3 is 4.90 Å². The van der Waals surface area contributed by atoms with Crippen molar-refractivity contribution in [1.82, 2.24) is 14.9 Å². The number of allylic oxidation sites excluding steroid dienone is 2. The fourth-order valence-corrected chi connectivity index (χ4v) is 7.07. The lowest BCUT2D eigenvalue weighted by molar-refractivity contribution is -0.135. The van der Waals surface area contributed by atoms with E-state index < -0.39 is 0 Å². The van der Waals surface area contributed by atoms with Gasteiger partial charge >= 0.3 is 0 Å². The Balaban J connectivity index is 1.51. The molecule has 1 aromatic heterocycles. The Hall–Kier alpha value is -1.71. The number of amides is 1. The average molecular weight is 351 g/mol. The van der Waals surface area contributed by atoms with Crippen molar-refractivity contribution in [3.05, 3.63) is 30.4 Å². The lowest BCUT2D eigenvalue weighted by atomic mass is 9.54. The van der Waals surface area contributed by atoms with Gasteiger partial charge in [-0.05, 0) is 74.2 Å². The van der Waals surface area contributed by atoms with Crippen molar-refractivity contribution in [2.24, 2.45) is 23.2 Å². The maximum absolute atomic E-state index is 12.8. The molecule has 0 spiro atoms. The molecule has 2 saturated heterocycles. The quantitative estimate of drug-likeness (QED) is 0.766. The van der Waals surface area contributed by atoms with Crippen molar-refractivity contribution in [3.63, 3.8) is 0 Å². The number of rotatable bonds is 1. The van der Waals surface area contributed by atoms with E-state index in [0.29, 0.717) is 23.7 Å². The lowest BCUT2D eigenvalue weighted by Gasteiger charge is -2.53. The molecule has 2 aliphatic carbocycles. The third kappa shape index (κ3) is 2.10. The molecule has 1 amide bonds. The lowest BCUT2D eigenvalue weighted by Crippen LogP contribution is -2.53. The number of nitrogens with zero attached hydrogens (tertiary/aromatic N) is 3. The third-order valence-corrected chi connectivity index (χ3v) is 8.33. The Morgan fingerprint density at radius 3 is 2.85 bits per heavy atom. The summed E-state index contributed by atoms with van der Waals surface area (Å²) in [5.74, 6) is 2.35. The van der Waals surface area contributed by atoms with Crippen molar-refractivity contribution in [2.45, 2.75) is 64.3 Å². The number of aromatic nitrogens is 2. The van der Waals surface area contributed by atoms with Gasteiger partial charge in [0.2, 0.25) is 5.91 Å². The summed E-state index contributed by atoms with van der Waals surface area (Å²) in [7, 11) is 0. The van der Waals surface area contributed by atoms with Crippen LogP contribution in [0.3, 0.4) is 0 Å². The summed E-state index contributed by atoms with van der Waals surface area (Å²) in [5.41, 5.74) is 2.73. The number of fused-ring (bicyclic) bond motifs is 5. The molecule has 138 valence electrons. The molecule has 0 bridgehead atoms. The van der Waals surface area contributed by atoms with E-state index >= 15 is 0 Å². The molecular formula is C22H29N3O. The minimum Gasteiger partial charge on any atom is -0.337 e. The molecule has 4 nitrogen and oxygen atoms in total. The largest absolute Gasteiger partial charge is 0.337 e. The summed E-state index contributed by atoms with van der Waals surface area (Å²) >= 11 is 0. The van der Waals surface area contributed by atoms with Gasteiger partial charge in [-0.3, -0.25) is 14.8 Å². The number of hydrogen-bond acceptors (Lipinski definition) is 3. The molecule has 1 aromatic rings. The van der Waals surface area contributed by atoms with Crippen LogP contribution in [-0.2, 0) is 4.79 Å². The Bertz CT molecular complexity index is 760. The summed E-state index contributed by atoms with van der Waals surface area (Å²) in [6, 6.07) is 0. The molecule has 3 heterocycles. The van der Waals surface area contributed by atoms with Crippen LogP contribution in [0.5, 0.6) is 0 Å². The summed E-state index contributed by atoms with van der Waals surface area (Å²) in [5, 5.41) is 0. The smallest absolute Gasteiger partial charge is 0.223 e. The van der Waals surface area contributed by atoms with E-state index in [9.17, 15) is 4.79 Å². The van der Waals surface area contributed by atoms with Gasteiger partial charge in [0.05, 0.1) is 11.9 Å². The van der Waals surface area contributed by atoms with Crippen molar-refractivity contribution in [1.29, 1.82) is 0 Å². The maximum atomic E-state index is 12.8. The number of carbonyl (C=O) groups excluding carboxylic acids is 1. The van der Waals surface area contributed by atoms with E-state index in [1.807, 2.05) is 6.20 Å². The average Bonchev–Trinajstić information content (AvgIpc) is 3.18. The van der Waals surface area contributed by atoms with Gasteiger partial charge in [0.25, 0.3) is 0 Å². The highest BCUT2D eigenvalue weighted by atomic mass is 16.2. The molecule has 26 heavy (non-hydrogen) atoms. The first-order chi connectivity index (χ1) is 12.5. The highest BCUT2D eigenvalue weighted by molar-refractivity contribution is 5.78. The number of carbonyl (C=O) groups is 1. The predicted octanol–water partition coefficient (Wildman–Crippen LogP) is 4.09. The van der Waals surface area contributed by atoms with Gasteiger partial charge in [-0.2, -0.15) is 0 Å². The number of hydrogen-bond donors (Lipinski definition) is 0. The Kier molecular flexibility index (Phi) is 3.57. The van der Waals surface area contributed by atoms with Crippen molar-refractivity contribution in [3.8, 4) is 0 Å². The predicted molar refractivity (Wildman–Crippen MR) is 101 cm³/mol. The molecular weight excluding hydrogens is 322 g/mol. The van der Waals surface area contributed by atoms with Crippen molar-refractivity contribution >= 4 is 11.5 Å². The fraction of sp³-hybridized carbons (Fsp3) is 0.682. The molecule has 2 aliphatic heterocycles. The normalized spacial score (nSPS) is 41.9. The summed E-state index contributed by atoms with van der Waals surface area (Å²) in [4.78, 5) is 24.0. The molecule has 4 aliphatic rings. The highest BCUT2D eigenvalue weighted by Crippen LogP contribution is 2.63. The SMILES string of the molecule is CC12CCC3C(CCC(=O)N4CCCC34C)C1CC=C2c1cnccn1. The summed E-state index contributed by atoms with van der Waals surface area (Å²) < 4.78 is 0. The van der Waals surface area contributed by atoms with Crippen molar-refractivity contribution < 1.29 is 4.79 Å². The first kappa shape index (κ1) is 16.5. The molecule has 5 atom stereocenters. The molecule has 0 N–H and O–H groups in total. The van der Waals surface area contributed by atoms with Crippen molar-refractivity contribution in [2.75, 3.05) is 6.54 Å². The zero-order valence-electron chi connectivity index (χ0n) is 15.9. The second-order valence-corrected chi connectivity index (χ2v) is 9.32. The summed E-state index contributed by atoms with van der Waals surface area (Å²) in [6.07, 6.45) is 15.6.